The molecule has 0 fully saturated rings. The summed E-state index contributed by atoms with van der Waals surface area (Å²) < 4.78 is 5.33. The SMILES string of the molecule is Cc1cc(C(=O)NNC(=O)c2ccccc2C(=O)c2ccc(C)c(C)c2)c(C)o1. The van der Waals surface area contributed by atoms with Crippen LogP contribution in [0.1, 0.15) is 59.3 Å². The van der Waals surface area contributed by atoms with E-state index in [1.807, 2.05) is 19.9 Å². The normalized spacial score (nSPS) is 10.5. The van der Waals surface area contributed by atoms with Crippen molar-refractivity contribution in [2.75, 3.05) is 0 Å². The molecule has 6 heteroatoms. The molecule has 148 valence electrons. The Morgan fingerprint density at radius 1 is 0.724 bits per heavy atom. The van der Waals surface area contributed by atoms with Crippen LogP contribution >= 0.6 is 0 Å². The van der Waals surface area contributed by atoms with Gasteiger partial charge in [0.15, 0.2) is 5.78 Å². The lowest BCUT2D eigenvalue weighted by atomic mass is 9.96. The van der Waals surface area contributed by atoms with Gasteiger partial charge in [-0.05, 0) is 57.0 Å². The van der Waals surface area contributed by atoms with E-state index in [9.17, 15) is 14.4 Å². The maximum Gasteiger partial charge on any atom is 0.273 e. The third-order valence-corrected chi connectivity index (χ3v) is 4.76. The molecule has 2 aromatic carbocycles. The van der Waals surface area contributed by atoms with E-state index in [1.54, 1.807) is 56.3 Å². The molecule has 0 spiro atoms. The summed E-state index contributed by atoms with van der Waals surface area (Å²) in [5.74, 6) is -0.274. The van der Waals surface area contributed by atoms with Crippen molar-refractivity contribution in [2.24, 2.45) is 0 Å². The number of ketones is 1. The standard InChI is InChI=1S/C23H22N2O4/c1-13-9-10-17(11-14(13)2)21(26)18-7-5-6-8-19(18)22(27)24-25-23(28)20-12-15(3)29-16(20)4/h5-12H,1-4H3,(H,24,27)(H,25,28). The molecule has 1 heterocycles. The van der Waals surface area contributed by atoms with E-state index in [-0.39, 0.29) is 16.9 Å². The molecular weight excluding hydrogens is 368 g/mol. The molecule has 3 rings (SSSR count). The third kappa shape index (κ3) is 4.27. The van der Waals surface area contributed by atoms with Crippen LogP contribution in [-0.2, 0) is 0 Å². The lowest BCUT2D eigenvalue weighted by Crippen LogP contribution is -2.42. The van der Waals surface area contributed by atoms with Gasteiger partial charge in [0.2, 0.25) is 0 Å². The summed E-state index contributed by atoms with van der Waals surface area (Å²) in [6.07, 6.45) is 0. The largest absolute Gasteiger partial charge is 0.466 e. The molecular formula is C23H22N2O4. The quantitative estimate of drug-likeness (QED) is 0.524. The van der Waals surface area contributed by atoms with Crippen LogP contribution in [0.15, 0.2) is 52.9 Å². The van der Waals surface area contributed by atoms with Crippen LogP contribution in [0.3, 0.4) is 0 Å². The van der Waals surface area contributed by atoms with Gasteiger partial charge >= 0.3 is 0 Å². The second-order valence-corrected chi connectivity index (χ2v) is 6.91. The number of nitrogens with one attached hydrogen (secondary N) is 2. The molecule has 3 aromatic rings. The summed E-state index contributed by atoms with van der Waals surface area (Å²) in [5.41, 5.74) is 8.09. The highest BCUT2D eigenvalue weighted by atomic mass is 16.3. The van der Waals surface area contributed by atoms with Gasteiger partial charge in [-0.2, -0.15) is 0 Å². The van der Waals surface area contributed by atoms with E-state index in [0.717, 1.165) is 11.1 Å². The summed E-state index contributed by atoms with van der Waals surface area (Å²) in [6.45, 7) is 7.30. The Kier molecular flexibility index (Phi) is 5.64. The van der Waals surface area contributed by atoms with Crippen molar-refractivity contribution in [3.8, 4) is 0 Å². The van der Waals surface area contributed by atoms with Gasteiger partial charge in [0, 0.05) is 11.1 Å². The minimum Gasteiger partial charge on any atom is -0.466 e. The second-order valence-electron chi connectivity index (χ2n) is 6.91. The fraction of sp³-hybridized carbons (Fsp3) is 0.174. The Bertz CT molecular complexity index is 1110. The average molecular weight is 390 g/mol. The molecule has 0 saturated heterocycles. The van der Waals surface area contributed by atoms with Crippen LogP contribution in [0.5, 0.6) is 0 Å². The zero-order valence-electron chi connectivity index (χ0n) is 16.8. The number of carbonyl (C=O) groups is 3. The number of hydrogen-bond acceptors (Lipinski definition) is 4. The van der Waals surface area contributed by atoms with Gasteiger partial charge in [0.25, 0.3) is 11.8 Å². The average Bonchev–Trinajstić information content (AvgIpc) is 3.05. The van der Waals surface area contributed by atoms with Crippen molar-refractivity contribution in [1.82, 2.24) is 10.9 Å². The van der Waals surface area contributed by atoms with Crippen molar-refractivity contribution < 1.29 is 18.8 Å². The molecule has 0 atom stereocenters. The van der Waals surface area contributed by atoms with E-state index in [2.05, 4.69) is 10.9 Å². The number of carbonyl (C=O) groups excluding carboxylic acids is 3. The second kappa shape index (κ2) is 8.14. The van der Waals surface area contributed by atoms with Gasteiger partial charge in [0.05, 0.1) is 11.1 Å². The predicted octanol–water partition coefficient (Wildman–Crippen LogP) is 3.82. The highest BCUT2D eigenvalue weighted by molar-refractivity contribution is 6.15. The maximum absolute atomic E-state index is 13.0. The molecule has 0 saturated carbocycles. The van der Waals surface area contributed by atoms with E-state index in [4.69, 9.17) is 4.42 Å². The van der Waals surface area contributed by atoms with Crippen molar-refractivity contribution in [3.05, 3.63) is 93.4 Å². The number of rotatable bonds is 4. The first-order valence-corrected chi connectivity index (χ1v) is 9.16. The zero-order chi connectivity index (χ0) is 21.1. The molecule has 29 heavy (non-hydrogen) atoms. The molecule has 0 radical (unpaired) electrons. The Balaban J connectivity index is 1.79. The van der Waals surface area contributed by atoms with Crippen molar-refractivity contribution in [3.63, 3.8) is 0 Å². The van der Waals surface area contributed by atoms with E-state index in [0.29, 0.717) is 22.6 Å². The van der Waals surface area contributed by atoms with Gasteiger partial charge < -0.3 is 4.42 Å². The first kappa shape index (κ1) is 20.1. The summed E-state index contributed by atoms with van der Waals surface area (Å²) >= 11 is 0. The topological polar surface area (TPSA) is 88.4 Å². The molecule has 1 aromatic heterocycles. The maximum atomic E-state index is 13.0. The van der Waals surface area contributed by atoms with E-state index >= 15 is 0 Å². The first-order valence-electron chi connectivity index (χ1n) is 9.16. The zero-order valence-corrected chi connectivity index (χ0v) is 16.8. The predicted molar refractivity (Wildman–Crippen MR) is 109 cm³/mol. The lowest BCUT2D eigenvalue weighted by Gasteiger charge is -2.11. The van der Waals surface area contributed by atoms with E-state index in [1.165, 1.54) is 0 Å². The van der Waals surface area contributed by atoms with Crippen molar-refractivity contribution >= 4 is 17.6 Å². The Labute approximate surface area is 168 Å². The third-order valence-electron chi connectivity index (χ3n) is 4.76. The highest BCUT2D eigenvalue weighted by Crippen LogP contribution is 2.18. The lowest BCUT2D eigenvalue weighted by molar-refractivity contribution is 0.0844. The molecule has 0 bridgehead atoms. The van der Waals surface area contributed by atoms with Crippen LogP contribution in [0.2, 0.25) is 0 Å². The number of amides is 2. The van der Waals surface area contributed by atoms with Crippen LogP contribution in [0.4, 0.5) is 0 Å². The van der Waals surface area contributed by atoms with Crippen LogP contribution in [0, 0.1) is 27.7 Å². The van der Waals surface area contributed by atoms with Gasteiger partial charge in [-0.1, -0.05) is 30.3 Å². The number of aryl methyl sites for hydroxylation is 4. The number of hydrogen-bond donors (Lipinski definition) is 2. The molecule has 0 aliphatic rings. The minimum absolute atomic E-state index is 0.177. The molecule has 2 N–H and O–H groups in total. The van der Waals surface area contributed by atoms with Crippen molar-refractivity contribution in [1.29, 1.82) is 0 Å². The molecule has 0 aliphatic heterocycles. The summed E-state index contributed by atoms with van der Waals surface area (Å²) in [7, 11) is 0. The molecule has 6 nitrogen and oxygen atoms in total. The smallest absolute Gasteiger partial charge is 0.273 e. The minimum atomic E-state index is -0.580. The monoisotopic (exact) mass is 390 g/mol. The molecule has 0 unspecified atom stereocenters. The Morgan fingerprint density at radius 3 is 1.93 bits per heavy atom. The summed E-state index contributed by atoms with van der Waals surface area (Å²) in [6, 6.07) is 13.5. The van der Waals surface area contributed by atoms with Crippen LogP contribution in [0.25, 0.3) is 0 Å². The number of furan rings is 1. The fourth-order valence-corrected chi connectivity index (χ4v) is 3.02. The van der Waals surface area contributed by atoms with Gasteiger partial charge in [0.1, 0.15) is 11.5 Å². The van der Waals surface area contributed by atoms with E-state index < -0.39 is 11.8 Å². The molecule has 2 amide bonds. The highest BCUT2D eigenvalue weighted by Gasteiger charge is 2.20. The van der Waals surface area contributed by atoms with Crippen molar-refractivity contribution in [2.45, 2.75) is 27.7 Å². The first-order chi connectivity index (χ1) is 13.8. The van der Waals surface area contributed by atoms with Crippen LogP contribution < -0.4 is 10.9 Å². The Morgan fingerprint density at radius 2 is 1.34 bits per heavy atom. The number of benzene rings is 2. The Hall–Kier alpha value is -3.67. The fourth-order valence-electron chi connectivity index (χ4n) is 3.02. The van der Waals surface area contributed by atoms with Gasteiger partial charge in [-0.25, -0.2) is 0 Å². The summed E-state index contributed by atoms with van der Waals surface area (Å²) in [5, 5.41) is 0. The van der Waals surface area contributed by atoms with Gasteiger partial charge in [-0.3, -0.25) is 25.2 Å². The molecule has 0 aliphatic carbocycles. The number of hydrazine groups is 1. The van der Waals surface area contributed by atoms with Gasteiger partial charge in [-0.15, -0.1) is 0 Å². The van der Waals surface area contributed by atoms with Crippen LogP contribution in [-0.4, -0.2) is 17.6 Å². The summed E-state index contributed by atoms with van der Waals surface area (Å²) in [4.78, 5) is 37.9.